The Morgan fingerprint density at radius 1 is 1.14 bits per heavy atom. The van der Waals surface area contributed by atoms with Crippen LogP contribution >= 0.6 is 15.9 Å². The molecule has 2 aromatic carbocycles. The summed E-state index contributed by atoms with van der Waals surface area (Å²) < 4.78 is 14.6. The third-order valence-corrected chi connectivity index (χ3v) is 3.97. The van der Waals surface area contributed by atoms with E-state index in [1.54, 1.807) is 24.5 Å². The number of hydrogen-bond donors (Lipinski definition) is 1. The molecule has 0 spiro atoms. The lowest BCUT2D eigenvalue weighted by Crippen LogP contribution is -2.05. The summed E-state index contributed by atoms with van der Waals surface area (Å²) in [4.78, 5) is 4.15. The molecule has 2 nitrogen and oxygen atoms in total. The molecule has 0 fully saturated rings. The van der Waals surface area contributed by atoms with E-state index in [2.05, 4.69) is 20.9 Å². The lowest BCUT2D eigenvalue weighted by atomic mass is 9.98. The van der Waals surface area contributed by atoms with E-state index in [1.807, 2.05) is 24.3 Å². The third-order valence-electron chi connectivity index (χ3n) is 3.48. The van der Waals surface area contributed by atoms with Crippen molar-refractivity contribution in [3.63, 3.8) is 0 Å². The number of rotatable bonds is 3. The van der Waals surface area contributed by atoms with E-state index in [9.17, 15) is 9.50 Å². The van der Waals surface area contributed by atoms with Crippen LogP contribution in [0.5, 0.6) is 0 Å². The van der Waals surface area contributed by atoms with Crippen LogP contribution in [0.1, 0.15) is 17.2 Å². The van der Waals surface area contributed by atoms with E-state index in [-0.39, 0.29) is 12.2 Å². The molecule has 1 atom stereocenters. The molecule has 0 aliphatic carbocycles. The number of nitrogens with zero attached hydrogens (tertiary/aromatic N) is 1. The first-order valence-corrected chi connectivity index (χ1v) is 7.39. The Kier molecular flexibility index (Phi) is 3.99. The zero-order valence-electron chi connectivity index (χ0n) is 11.1. The molecule has 1 unspecified atom stereocenters. The van der Waals surface area contributed by atoms with Gasteiger partial charge in [-0.2, -0.15) is 0 Å². The van der Waals surface area contributed by atoms with Gasteiger partial charge in [0.1, 0.15) is 5.82 Å². The van der Waals surface area contributed by atoms with Gasteiger partial charge in [-0.25, -0.2) is 4.39 Å². The van der Waals surface area contributed by atoms with Crippen molar-refractivity contribution in [2.45, 2.75) is 12.5 Å². The molecule has 4 heteroatoms. The molecule has 0 saturated carbocycles. The van der Waals surface area contributed by atoms with E-state index in [4.69, 9.17) is 0 Å². The summed E-state index contributed by atoms with van der Waals surface area (Å²) in [5.74, 6) is -0.314. The maximum absolute atomic E-state index is 13.8. The number of pyridine rings is 1. The number of benzene rings is 2. The molecule has 1 N–H and O–H groups in total. The minimum atomic E-state index is -0.799. The Bertz CT molecular complexity index is 785. The first-order chi connectivity index (χ1) is 10.1. The summed E-state index contributed by atoms with van der Waals surface area (Å²) in [6, 6.07) is 12.5. The molecule has 1 heterocycles. The summed E-state index contributed by atoms with van der Waals surface area (Å²) in [5, 5.41) is 12.4. The number of fused-ring (bicyclic) bond motifs is 1. The van der Waals surface area contributed by atoms with Crippen molar-refractivity contribution in [1.29, 1.82) is 0 Å². The predicted molar refractivity (Wildman–Crippen MR) is 84.5 cm³/mol. The molecule has 0 saturated heterocycles. The first-order valence-electron chi connectivity index (χ1n) is 6.60. The molecule has 21 heavy (non-hydrogen) atoms. The molecule has 3 aromatic rings. The van der Waals surface area contributed by atoms with Gasteiger partial charge in [0.25, 0.3) is 0 Å². The Morgan fingerprint density at radius 3 is 2.81 bits per heavy atom. The van der Waals surface area contributed by atoms with Crippen molar-refractivity contribution >= 4 is 26.7 Å². The third kappa shape index (κ3) is 2.96. The Morgan fingerprint density at radius 2 is 1.95 bits per heavy atom. The normalized spacial score (nSPS) is 12.5. The fourth-order valence-electron chi connectivity index (χ4n) is 2.42. The first kappa shape index (κ1) is 14.2. The van der Waals surface area contributed by atoms with E-state index >= 15 is 0 Å². The summed E-state index contributed by atoms with van der Waals surface area (Å²) in [7, 11) is 0. The second-order valence-corrected chi connectivity index (χ2v) is 5.82. The van der Waals surface area contributed by atoms with Gasteiger partial charge < -0.3 is 5.11 Å². The zero-order valence-corrected chi connectivity index (χ0v) is 12.7. The van der Waals surface area contributed by atoms with Crippen molar-refractivity contribution in [3.8, 4) is 0 Å². The molecular weight excluding hydrogens is 333 g/mol. The van der Waals surface area contributed by atoms with Gasteiger partial charge in [-0.15, -0.1) is 0 Å². The minimum absolute atomic E-state index is 0.209. The number of aromatic nitrogens is 1. The maximum Gasteiger partial charge on any atom is 0.126 e. The number of aliphatic hydroxyl groups is 1. The molecular formula is C17H13BrFNO. The van der Waals surface area contributed by atoms with E-state index in [0.29, 0.717) is 11.1 Å². The second-order valence-electron chi connectivity index (χ2n) is 4.91. The highest BCUT2D eigenvalue weighted by Gasteiger charge is 2.15. The molecule has 0 amide bonds. The van der Waals surface area contributed by atoms with Crippen LogP contribution in [0.2, 0.25) is 0 Å². The van der Waals surface area contributed by atoms with Crippen LogP contribution in [-0.2, 0) is 6.42 Å². The fraction of sp³-hybridized carbons (Fsp3) is 0.118. The van der Waals surface area contributed by atoms with Crippen LogP contribution in [0.25, 0.3) is 10.8 Å². The lowest BCUT2D eigenvalue weighted by molar-refractivity contribution is 0.178. The predicted octanol–water partition coefficient (Wildman–Crippen LogP) is 4.41. The van der Waals surface area contributed by atoms with Gasteiger partial charge in [0, 0.05) is 34.2 Å². The van der Waals surface area contributed by atoms with Gasteiger partial charge >= 0.3 is 0 Å². The topological polar surface area (TPSA) is 33.1 Å². The molecule has 106 valence electrons. The average Bonchev–Trinajstić information content (AvgIpc) is 2.50. The van der Waals surface area contributed by atoms with Gasteiger partial charge in [0.2, 0.25) is 0 Å². The van der Waals surface area contributed by atoms with Crippen molar-refractivity contribution in [1.82, 2.24) is 4.98 Å². The second kappa shape index (κ2) is 5.92. The van der Waals surface area contributed by atoms with Gasteiger partial charge in [-0.3, -0.25) is 4.98 Å². The minimum Gasteiger partial charge on any atom is -0.388 e. The van der Waals surface area contributed by atoms with Crippen LogP contribution < -0.4 is 0 Å². The molecule has 0 radical (unpaired) electrons. The van der Waals surface area contributed by atoms with Crippen LogP contribution in [0.3, 0.4) is 0 Å². The van der Waals surface area contributed by atoms with Crippen LogP contribution in [0, 0.1) is 5.82 Å². The van der Waals surface area contributed by atoms with Crippen LogP contribution in [-0.4, -0.2) is 10.1 Å². The number of halogens is 2. The number of hydrogen-bond acceptors (Lipinski definition) is 2. The highest BCUT2D eigenvalue weighted by molar-refractivity contribution is 9.10. The van der Waals surface area contributed by atoms with Crippen LogP contribution in [0.15, 0.2) is 59.3 Å². The molecule has 0 aliphatic rings. The quantitative estimate of drug-likeness (QED) is 0.762. The monoisotopic (exact) mass is 345 g/mol. The highest BCUT2D eigenvalue weighted by Crippen LogP contribution is 2.27. The fourth-order valence-corrected chi connectivity index (χ4v) is 2.83. The van der Waals surface area contributed by atoms with Crippen molar-refractivity contribution < 1.29 is 9.50 Å². The van der Waals surface area contributed by atoms with Crippen molar-refractivity contribution in [2.75, 3.05) is 0 Å². The van der Waals surface area contributed by atoms with E-state index in [0.717, 1.165) is 15.2 Å². The van der Waals surface area contributed by atoms with Gasteiger partial charge in [0.15, 0.2) is 0 Å². The molecule has 0 aliphatic heterocycles. The SMILES string of the molecule is OC(Cc1cc(Br)ccc1F)c1cncc2ccccc12. The highest BCUT2D eigenvalue weighted by atomic mass is 79.9. The Hall–Kier alpha value is -1.78. The van der Waals surface area contributed by atoms with Crippen LogP contribution in [0.4, 0.5) is 4.39 Å². The smallest absolute Gasteiger partial charge is 0.126 e. The van der Waals surface area contributed by atoms with Gasteiger partial charge in [-0.05, 0) is 29.1 Å². The number of aliphatic hydroxyl groups excluding tert-OH is 1. The summed E-state index contributed by atoms with van der Waals surface area (Å²) >= 11 is 3.32. The largest absolute Gasteiger partial charge is 0.388 e. The standard InChI is InChI=1S/C17H13BrFNO/c18-13-5-6-16(19)12(7-13)8-17(21)15-10-20-9-11-3-1-2-4-14(11)15/h1-7,9-10,17,21H,8H2. The Labute approximate surface area is 130 Å². The summed E-state index contributed by atoms with van der Waals surface area (Å²) in [6.07, 6.45) is 2.81. The lowest BCUT2D eigenvalue weighted by Gasteiger charge is -2.14. The Balaban J connectivity index is 1.97. The van der Waals surface area contributed by atoms with E-state index < -0.39 is 6.10 Å². The van der Waals surface area contributed by atoms with E-state index in [1.165, 1.54) is 6.07 Å². The molecule has 0 bridgehead atoms. The average molecular weight is 346 g/mol. The molecule has 1 aromatic heterocycles. The van der Waals surface area contributed by atoms with Gasteiger partial charge in [0.05, 0.1) is 6.10 Å². The van der Waals surface area contributed by atoms with Crippen molar-refractivity contribution in [2.24, 2.45) is 0 Å². The zero-order chi connectivity index (χ0) is 14.8. The summed E-state index contributed by atoms with van der Waals surface area (Å²) in [6.45, 7) is 0. The maximum atomic E-state index is 13.8. The van der Waals surface area contributed by atoms with Gasteiger partial charge in [-0.1, -0.05) is 40.2 Å². The van der Waals surface area contributed by atoms with Crippen molar-refractivity contribution in [3.05, 3.63) is 76.3 Å². The summed E-state index contributed by atoms with van der Waals surface area (Å²) in [5.41, 5.74) is 1.19. The molecule has 3 rings (SSSR count).